The highest BCUT2D eigenvalue weighted by molar-refractivity contribution is 5.60. The van der Waals surface area contributed by atoms with Crippen LogP contribution in [0.2, 0.25) is 0 Å². The molecule has 0 bridgehead atoms. The van der Waals surface area contributed by atoms with Crippen molar-refractivity contribution in [1.82, 2.24) is 0 Å². The molecule has 5 rings (SSSR count). The number of hydrogen-bond acceptors (Lipinski definition) is 0. The smallest absolute Gasteiger partial charge is 0.0281 e. The Morgan fingerprint density at radius 3 is 2.45 bits per heavy atom. The number of hydrogen-bond donors (Lipinski definition) is 0. The zero-order chi connectivity index (χ0) is 20.9. The summed E-state index contributed by atoms with van der Waals surface area (Å²) in [5.41, 5.74) is 8.79. The van der Waals surface area contributed by atoms with E-state index < -0.39 is 0 Å². The molecule has 0 N–H and O–H groups in total. The highest BCUT2D eigenvalue weighted by Crippen LogP contribution is 2.40. The first-order valence-corrected chi connectivity index (χ1v) is 12.6. The van der Waals surface area contributed by atoms with E-state index in [1.165, 1.54) is 97.6 Å². The van der Waals surface area contributed by atoms with E-state index in [1.807, 2.05) is 0 Å². The Bertz CT molecular complexity index is 952. The first-order valence-electron chi connectivity index (χ1n) is 12.6. The van der Waals surface area contributed by atoms with E-state index in [0.717, 1.165) is 12.3 Å². The van der Waals surface area contributed by atoms with E-state index in [9.17, 15) is 0 Å². The van der Waals surface area contributed by atoms with Crippen LogP contribution in [-0.4, -0.2) is 0 Å². The van der Waals surface area contributed by atoms with Crippen LogP contribution in [0.4, 0.5) is 0 Å². The third-order valence-electron chi connectivity index (χ3n) is 7.63. The SMILES string of the molecule is C1=CC2C(C3=CCCC=C3)=CC=C(Cc3ccc(CCCCC4CCCC4)cc3)C2=C1. The topological polar surface area (TPSA) is 0 Å². The van der Waals surface area contributed by atoms with Gasteiger partial charge in [0.15, 0.2) is 0 Å². The van der Waals surface area contributed by atoms with Crippen LogP contribution < -0.4 is 0 Å². The molecule has 0 aromatic heterocycles. The highest BCUT2D eigenvalue weighted by atomic mass is 14.3. The summed E-state index contributed by atoms with van der Waals surface area (Å²) in [6.45, 7) is 0. The molecule has 1 unspecified atom stereocenters. The average molecular weight is 409 g/mol. The number of benzene rings is 1. The largest absolute Gasteiger partial charge is 0.0836 e. The number of rotatable bonds is 8. The first-order chi connectivity index (χ1) is 15.4. The lowest BCUT2D eigenvalue weighted by atomic mass is 9.78. The minimum atomic E-state index is 0.438. The summed E-state index contributed by atoms with van der Waals surface area (Å²) < 4.78 is 0. The first kappa shape index (κ1) is 20.6. The Kier molecular flexibility index (Phi) is 6.54. The van der Waals surface area contributed by atoms with Gasteiger partial charge in [0.2, 0.25) is 0 Å². The molecule has 1 fully saturated rings. The molecule has 0 heterocycles. The minimum absolute atomic E-state index is 0.438. The fourth-order valence-corrected chi connectivity index (χ4v) is 5.82. The summed E-state index contributed by atoms with van der Waals surface area (Å²) in [7, 11) is 0. The van der Waals surface area contributed by atoms with Crippen molar-refractivity contribution in [2.24, 2.45) is 11.8 Å². The fourth-order valence-electron chi connectivity index (χ4n) is 5.82. The quantitative estimate of drug-likeness (QED) is 0.379. The maximum atomic E-state index is 2.40. The molecule has 1 aromatic carbocycles. The summed E-state index contributed by atoms with van der Waals surface area (Å²) in [5, 5.41) is 0. The van der Waals surface area contributed by atoms with Crippen LogP contribution in [0.5, 0.6) is 0 Å². The van der Waals surface area contributed by atoms with Crippen molar-refractivity contribution < 1.29 is 0 Å². The van der Waals surface area contributed by atoms with Crippen molar-refractivity contribution in [2.75, 3.05) is 0 Å². The van der Waals surface area contributed by atoms with Crippen molar-refractivity contribution >= 4 is 0 Å². The molecular formula is C31H36. The zero-order valence-corrected chi connectivity index (χ0v) is 18.9. The fraction of sp³-hybridized carbons (Fsp3) is 0.419. The van der Waals surface area contributed by atoms with Gasteiger partial charge in [-0.15, -0.1) is 0 Å². The van der Waals surface area contributed by atoms with Crippen LogP contribution in [-0.2, 0) is 12.8 Å². The lowest BCUT2D eigenvalue weighted by Crippen LogP contribution is -2.12. The van der Waals surface area contributed by atoms with E-state index in [4.69, 9.17) is 0 Å². The Hall–Kier alpha value is -2.34. The van der Waals surface area contributed by atoms with E-state index in [-0.39, 0.29) is 0 Å². The molecule has 31 heavy (non-hydrogen) atoms. The Morgan fingerprint density at radius 2 is 1.65 bits per heavy atom. The van der Waals surface area contributed by atoms with Gasteiger partial charge in [-0.25, -0.2) is 0 Å². The summed E-state index contributed by atoms with van der Waals surface area (Å²) in [6, 6.07) is 9.45. The minimum Gasteiger partial charge on any atom is -0.0836 e. The van der Waals surface area contributed by atoms with Gasteiger partial charge < -0.3 is 0 Å². The molecule has 0 radical (unpaired) electrons. The molecular weight excluding hydrogens is 372 g/mol. The number of fused-ring (bicyclic) bond motifs is 1. The predicted molar refractivity (Wildman–Crippen MR) is 133 cm³/mol. The third kappa shape index (κ3) is 4.95. The normalized spacial score (nSPS) is 22.8. The van der Waals surface area contributed by atoms with Crippen LogP contribution in [0.15, 0.2) is 95.2 Å². The summed E-state index contributed by atoms with van der Waals surface area (Å²) in [4.78, 5) is 0. The number of unbranched alkanes of at least 4 members (excludes halogenated alkanes) is 1. The van der Waals surface area contributed by atoms with Crippen molar-refractivity contribution in [3.05, 3.63) is 106 Å². The number of aryl methyl sites for hydroxylation is 1. The predicted octanol–water partition coefficient (Wildman–Crippen LogP) is 8.39. The molecule has 0 aliphatic heterocycles. The molecule has 1 aromatic rings. The van der Waals surface area contributed by atoms with Gasteiger partial charge >= 0.3 is 0 Å². The third-order valence-corrected chi connectivity index (χ3v) is 7.63. The Morgan fingerprint density at radius 1 is 0.806 bits per heavy atom. The Balaban J connectivity index is 1.19. The lowest BCUT2D eigenvalue weighted by molar-refractivity contribution is 0.473. The molecule has 1 atom stereocenters. The van der Waals surface area contributed by atoms with Crippen molar-refractivity contribution in [1.29, 1.82) is 0 Å². The van der Waals surface area contributed by atoms with Crippen molar-refractivity contribution in [2.45, 2.75) is 70.6 Å². The monoisotopic (exact) mass is 408 g/mol. The van der Waals surface area contributed by atoms with Gasteiger partial charge in [0.25, 0.3) is 0 Å². The average Bonchev–Trinajstić information content (AvgIpc) is 3.51. The second-order valence-corrected chi connectivity index (χ2v) is 9.83. The molecule has 0 amide bonds. The summed E-state index contributed by atoms with van der Waals surface area (Å²) in [6.07, 6.45) is 33.5. The molecule has 4 aliphatic rings. The van der Waals surface area contributed by atoms with Crippen LogP contribution >= 0.6 is 0 Å². The maximum absolute atomic E-state index is 2.40. The molecule has 0 heteroatoms. The van der Waals surface area contributed by atoms with Crippen LogP contribution in [0.1, 0.15) is 68.9 Å². The Labute approximate surface area is 188 Å². The molecule has 1 saturated carbocycles. The molecule has 0 nitrogen and oxygen atoms in total. The number of allylic oxidation sites excluding steroid dienone is 12. The van der Waals surface area contributed by atoms with Gasteiger partial charge in [0, 0.05) is 5.92 Å². The summed E-state index contributed by atoms with van der Waals surface area (Å²) >= 11 is 0. The maximum Gasteiger partial charge on any atom is 0.0281 e. The second-order valence-electron chi connectivity index (χ2n) is 9.83. The van der Waals surface area contributed by atoms with Crippen LogP contribution in [0.25, 0.3) is 0 Å². The van der Waals surface area contributed by atoms with Gasteiger partial charge in [0.1, 0.15) is 0 Å². The highest BCUT2D eigenvalue weighted by Gasteiger charge is 2.26. The van der Waals surface area contributed by atoms with E-state index >= 15 is 0 Å². The van der Waals surface area contributed by atoms with Gasteiger partial charge in [-0.05, 0) is 71.4 Å². The van der Waals surface area contributed by atoms with E-state index in [1.54, 1.807) is 0 Å². The second kappa shape index (κ2) is 9.86. The molecule has 4 aliphatic carbocycles. The molecule has 160 valence electrons. The summed E-state index contributed by atoms with van der Waals surface area (Å²) in [5.74, 6) is 1.47. The van der Waals surface area contributed by atoms with Crippen LogP contribution in [0.3, 0.4) is 0 Å². The van der Waals surface area contributed by atoms with Crippen molar-refractivity contribution in [3.8, 4) is 0 Å². The van der Waals surface area contributed by atoms with Gasteiger partial charge in [-0.2, -0.15) is 0 Å². The lowest BCUT2D eigenvalue weighted by Gasteiger charge is -2.26. The van der Waals surface area contributed by atoms with Gasteiger partial charge in [0.05, 0.1) is 0 Å². The molecule has 0 saturated heterocycles. The standard InChI is InChI=1S/C31H36/c1-2-13-27(14-3-1)30-22-21-28(29-15-8-16-31(29)30)23-26-19-17-25(18-20-26)12-7-6-11-24-9-4-5-10-24/h2,8,13-22,24,31H,1,3-7,9-12,23H2. The van der Waals surface area contributed by atoms with Crippen molar-refractivity contribution in [3.63, 3.8) is 0 Å². The van der Waals surface area contributed by atoms with E-state index in [0.29, 0.717) is 5.92 Å². The van der Waals surface area contributed by atoms with E-state index in [2.05, 4.69) is 72.9 Å². The zero-order valence-electron chi connectivity index (χ0n) is 18.9. The van der Waals surface area contributed by atoms with Crippen LogP contribution in [0, 0.1) is 11.8 Å². The van der Waals surface area contributed by atoms with Gasteiger partial charge in [-0.3, -0.25) is 0 Å². The van der Waals surface area contributed by atoms with Gasteiger partial charge in [-0.1, -0.05) is 111 Å². The molecule has 0 spiro atoms.